The summed E-state index contributed by atoms with van der Waals surface area (Å²) in [5.41, 5.74) is 2.37. The van der Waals surface area contributed by atoms with Crippen LogP contribution in [0.15, 0.2) is 29.8 Å². The van der Waals surface area contributed by atoms with Crippen molar-refractivity contribution in [1.82, 2.24) is 5.32 Å². The lowest BCUT2D eigenvalue weighted by Gasteiger charge is -2.07. The van der Waals surface area contributed by atoms with E-state index in [-0.39, 0.29) is 5.69 Å². The molecule has 19 heavy (non-hydrogen) atoms. The number of hydrogen-bond donors (Lipinski definition) is 1. The van der Waals surface area contributed by atoms with E-state index in [0.717, 1.165) is 18.5 Å². The third-order valence-electron chi connectivity index (χ3n) is 3.31. The molecule has 0 saturated carbocycles. The van der Waals surface area contributed by atoms with Gasteiger partial charge in [-0.25, -0.2) is 0 Å². The van der Waals surface area contributed by atoms with Crippen LogP contribution >= 0.6 is 11.6 Å². The molecular formula is C14H17ClN2O2. The van der Waals surface area contributed by atoms with Gasteiger partial charge in [-0.2, -0.15) is 0 Å². The average molecular weight is 281 g/mol. The summed E-state index contributed by atoms with van der Waals surface area (Å²) in [5, 5.41) is 14.6. The Morgan fingerprint density at radius 3 is 2.95 bits per heavy atom. The lowest BCUT2D eigenvalue weighted by atomic mass is 10.1. The minimum Gasteiger partial charge on any atom is -0.312 e. The molecule has 0 radical (unpaired) electrons. The zero-order chi connectivity index (χ0) is 13.7. The Labute approximate surface area is 117 Å². The summed E-state index contributed by atoms with van der Waals surface area (Å²) < 4.78 is 0. The number of rotatable bonds is 6. The van der Waals surface area contributed by atoms with Crippen molar-refractivity contribution in [3.63, 3.8) is 0 Å². The van der Waals surface area contributed by atoms with Crippen LogP contribution in [0.4, 0.5) is 5.69 Å². The number of nitro groups is 1. The van der Waals surface area contributed by atoms with Gasteiger partial charge in [0, 0.05) is 23.7 Å². The van der Waals surface area contributed by atoms with E-state index in [2.05, 4.69) is 11.4 Å². The molecule has 2 rings (SSSR count). The Kier molecular flexibility index (Phi) is 4.93. The molecule has 0 aromatic heterocycles. The summed E-state index contributed by atoms with van der Waals surface area (Å²) in [5.74, 6) is 0. The number of nitro benzene ring substituents is 1. The summed E-state index contributed by atoms with van der Waals surface area (Å²) in [7, 11) is 0. The topological polar surface area (TPSA) is 55.2 Å². The number of hydrogen-bond acceptors (Lipinski definition) is 3. The highest BCUT2D eigenvalue weighted by molar-refractivity contribution is 6.31. The highest BCUT2D eigenvalue weighted by Crippen LogP contribution is 2.22. The maximum atomic E-state index is 10.7. The molecule has 1 aliphatic rings. The summed E-state index contributed by atoms with van der Waals surface area (Å²) in [6.45, 7) is 1.44. The van der Waals surface area contributed by atoms with Gasteiger partial charge in [0.1, 0.15) is 0 Å². The van der Waals surface area contributed by atoms with E-state index < -0.39 is 4.92 Å². The average Bonchev–Trinajstić information content (AvgIpc) is 2.89. The van der Waals surface area contributed by atoms with Crippen LogP contribution in [0.25, 0.3) is 0 Å². The van der Waals surface area contributed by atoms with E-state index in [0.29, 0.717) is 11.6 Å². The van der Waals surface area contributed by atoms with Gasteiger partial charge in [-0.1, -0.05) is 23.3 Å². The van der Waals surface area contributed by atoms with Crippen LogP contribution in [0, 0.1) is 10.1 Å². The zero-order valence-corrected chi connectivity index (χ0v) is 11.4. The second kappa shape index (κ2) is 6.68. The highest BCUT2D eigenvalue weighted by atomic mass is 35.5. The number of benzene rings is 1. The van der Waals surface area contributed by atoms with E-state index in [1.54, 1.807) is 6.07 Å². The first-order chi connectivity index (χ1) is 9.16. The van der Waals surface area contributed by atoms with Crippen molar-refractivity contribution in [2.24, 2.45) is 0 Å². The minimum absolute atomic E-state index is 0.0831. The predicted octanol–water partition coefficient (Wildman–Crippen LogP) is 3.84. The van der Waals surface area contributed by atoms with Crippen molar-refractivity contribution in [3.05, 3.63) is 50.5 Å². The molecule has 0 aliphatic heterocycles. The molecule has 0 atom stereocenters. The largest absolute Gasteiger partial charge is 0.312 e. The molecule has 1 aromatic rings. The number of non-ortho nitro benzene ring substituents is 1. The Balaban J connectivity index is 1.84. The van der Waals surface area contributed by atoms with Crippen molar-refractivity contribution in [2.45, 2.75) is 32.2 Å². The van der Waals surface area contributed by atoms with Gasteiger partial charge in [-0.15, -0.1) is 0 Å². The van der Waals surface area contributed by atoms with Crippen LogP contribution in [0.1, 0.15) is 31.2 Å². The first-order valence-electron chi connectivity index (χ1n) is 6.48. The molecular weight excluding hydrogens is 264 g/mol. The smallest absolute Gasteiger partial charge is 0.269 e. The van der Waals surface area contributed by atoms with Crippen LogP contribution in [0.5, 0.6) is 0 Å². The van der Waals surface area contributed by atoms with E-state index in [9.17, 15) is 10.1 Å². The molecule has 5 heteroatoms. The summed E-state index contributed by atoms with van der Waals surface area (Å²) in [4.78, 5) is 10.3. The van der Waals surface area contributed by atoms with Crippen molar-refractivity contribution in [2.75, 3.05) is 6.54 Å². The molecule has 4 nitrogen and oxygen atoms in total. The van der Waals surface area contributed by atoms with Crippen LogP contribution in [-0.4, -0.2) is 11.5 Å². The summed E-state index contributed by atoms with van der Waals surface area (Å²) in [6, 6.07) is 4.54. The van der Waals surface area contributed by atoms with E-state index in [4.69, 9.17) is 11.6 Å². The molecule has 0 amide bonds. The monoisotopic (exact) mass is 280 g/mol. The Morgan fingerprint density at radius 2 is 2.26 bits per heavy atom. The first kappa shape index (κ1) is 14.0. The van der Waals surface area contributed by atoms with Crippen molar-refractivity contribution >= 4 is 17.3 Å². The second-order valence-electron chi connectivity index (χ2n) is 4.71. The number of nitrogens with one attached hydrogen (secondary N) is 1. The lowest BCUT2D eigenvalue weighted by Crippen LogP contribution is -2.15. The first-order valence-corrected chi connectivity index (χ1v) is 6.86. The molecule has 1 N–H and O–H groups in total. The van der Waals surface area contributed by atoms with Gasteiger partial charge in [-0.05, 0) is 43.9 Å². The number of halogens is 1. The Morgan fingerprint density at radius 1 is 1.42 bits per heavy atom. The molecule has 1 aromatic carbocycles. The van der Waals surface area contributed by atoms with Gasteiger partial charge in [0.15, 0.2) is 0 Å². The fourth-order valence-electron chi connectivity index (χ4n) is 2.25. The molecule has 0 heterocycles. The third kappa shape index (κ3) is 4.04. The maximum Gasteiger partial charge on any atom is 0.269 e. The maximum absolute atomic E-state index is 10.7. The molecule has 0 unspecified atom stereocenters. The molecule has 0 spiro atoms. The van der Waals surface area contributed by atoms with E-state index >= 15 is 0 Å². The SMILES string of the molecule is O=[N+]([O-])c1ccc(Cl)c(CNCCC2=CCCC2)c1. The van der Waals surface area contributed by atoms with Crippen LogP contribution in [-0.2, 0) is 6.54 Å². The number of allylic oxidation sites excluding steroid dienone is 1. The lowest BCUT2D eigenvalue weighted by molar-refractivity contribution is -0.384. The van der Waals surface area contributed by atoms with Crippen molar-refractivity contribution in [1.29, 1.82) is 0 Å². The van der Waals surface area contributed by atoms with Gasteiger partial charge >= 0.3 is 0 Å². The number of nitrogens with zero attached hydrogens (tertiary/aromatic N) is 1. The summed E-state index contributed by atoms with van der Waals surface area (Å²) in [6.07, 6.45) is 7.03. The van der Waals surface area contributed by atoms with E-state index in [1.807, 2.05) is 0 Å². The second-order valence-corrected chi connectivity index (χ2v) is 5.12. The fraction of sp³-hybridized carbons (Fsp3) is 0.429. The minimum atomic E-state index is -0.400. The third-order valence-corrected chi connectivity index (χ3v) is 3.68. The van der Waals surface area contributed by atoms with Crippen LogP contribution in [0.3, 0.4) is 0 Å². The Bertz CT molecular complexity index is 500. The standard InChI is InChI=1S/C14H17ClN2O2/c15-14-6-5-13(17(18)19)9-12(14)10-16-8-7-11-3-1-2-4-11/h3,5-6,9,16H,1-2,4,7-8,10H2. The fourth-order valence-corrected chi connectivity index (χ4v) is 2.43. The van der Waals surface area contributed by atoms with E-state index in [1.165, 1.54) is 37.0 Å². The van der Waals surface area contributed by atoms with Crippen LogP contribution < -0.4 is 5.32 Å². The molecule has 0 bridgehead atoms. The van der Waals surface area contributed by atoms with Gasteiger partial charge < -0.3 is 5.32 Å². The molecule has 0 fully saturated rings. The molecule has 0 saturated heterocycles. The predicted molar refractivity (Wildman–Crippen MR) is 76.4 cm³/mol. The van der Waals surface area contributed by atoms with Gasteiger partial charge in [0.25, 0.3) is 5.69 Å². The van der Waals surface area contributed by atoms with Crippen LogP contribution in [0.2, 0.25) is 5.02 Å². The summed E-state index contributed by atoms with van der Waals surface area (Å²) >= 11 is 6.03. The van der Waals surface area contributed by atoms with Gasteiger partial charge in [-0.3, -0.25) is 10.1 Å². The highest BCUT2D eigenvalue weighted by Gasteiger charge is 2.09. The zero-order valence-electron chi connectivity index (χ0n) is 10.7. The quantitative estimate of drug-likeness (QED) is 0.373. The molecule has 102 valence electrons. The van der Waals surface area contributed by atoms with Gasteiger partial charge in [0.05, 0.1) is 4.92 Å². The van der Waals surface area contributed by atoms with Crippen molar-refractivity contribution in [3.8, 4) is 0 Å². The van der Waals surface area contributed by atoms with Gasteiger partial charge in [0.2, 0.25) is 0 Å². The normalized spacial score (nSPS) is 14.5. The Hall–Kier alpha value is -1.39. The van der Waals surface area contributed by atoms with Crippen molar-refractivity contribution < 1.29 is 4.92 Å². The molecule has 1 aliphatic carbocycles.